The van der Waals surface area contributed by atoms with Crippen molar-refractivity contribution >= 4 is 68.9 Å². The summed E-state index contributed by atoms with van der Waals surface area (Å²) < 4.78 is 17.6. The number of aromatic nitrogens is 5. The third-order valence-electron chi connectivity index (χ3n) is 7.96. The van der Waals surface area contributed by atoms with E-state index < -0.39 is 18.1 Å². The normalized spacial score (nSPS) is 17.6. The molecule has 1 unspecified atom stereocenters. The lowest BCUT2D eigenvalue weighted by atomic mass is 9.89. The minimum atomic E-state index is -1.03. The van der Waals surface area contributed by atoms with Crippen molar-refractivity contribution in [3.63, 3.8) is 0 Å². The van der Waals surface area contributed by atoms with Crippen LogP contribution in [0.25, 0.3) is 22.0 Å². The van der Waals surface area contributed by atoms with Gasteiger partial charge in [-0.25, -0.2) is 14.4 Å². The summed E-state index contributed by atoms with van der Waals surface area (Å²) in [5, 5.41) is 14.8. The zero-order valence-electron chi connectivity index (χ0n) is 22.3. The Bertz CT molecular complexity index is 1730. The van der Waals surface area contributed by atoms with Crippen LogP contribution in [0.15, 0.2) is 54.4 Å². The number of amides is 1. The van der Waals surface area contributed by atoms with Gasteiger partial charge in [0, 0.05) is 40.8 Å². The summed E-state index contributed by atoms with van der Waals surface area (Å²) in [4.78, 5) is 22.4. The predicted octanol–water partition coefficient (Wildman–Crippen LogP) is 6.67. The molecule has 218 valence electrons. The number of carbonyl (C=O) groups is 1. The number of rotatable bonds is 6. The first-order valence-corrected chi connectivity index (χ1v) is 15.2. The van der Waals surface area contributed by atoms with Crippen LogP contribution in [0.5, 0.6) is 0 Å². The van der Waals surface area contributed by atoms with Crippen LogP contribution in [0.4, 0.5) is 9.52 Å². The fourth-order valence-electron chi connectivity index (χ4n) is 5.90. The quantitative estimate of drug-likeness (QED) is 0.215. The Balaban J connectivity index is 0.00000316. The first-order valence-electron chi connectivity index (χ1n) is 13.5. The molecule has 3 aromatic heterocycles. The number of carbonyl (C=O) groups excluding carboxylic acids is 1. The lowest BCUT2D eigenvalue weighted by molar-refractivity contribution is -0.118. The second-order valence-corrected chi connectivity index (χ2v) is 12.2. The highest BCUT2D eigenvalue weighted by molar-refractivity contribution is 7.13. The van der Waals surface area contributed by atoms with Crippen LogP contribution in [-0.4, -0.2) is 49.5 Å². The molecule has 0 aliphatic carbocycles. The predicted molar refractivity (Wildman–Crippen MR) is 167 cm³/mol. The Morgan fingerprint density at radius 2 is 1.95 bits per heavy atom. The van der Waals surface area contributed by atoms with Gasteiger partial charge in [0.2, 0.25) is 0 Å². The number of benzene rings is 2. The molecular formula is C29H27Cl3FN7OS. The van der Waals surface area contributed by atoms with Crippen LogP contribution in [0.2, 0.25) is 10.0 Å². The lowest BCUT2D eigenvalue weighted by Gasteiger charge is -2.23. The van der Waals surface area contributed by atoms with Gasteiger partial charge < -0.3 is 9.88 Å². The molecule has 0 spiro atoms. The fourth-order valence-corrected chi connectivity index (χ4v) is 6.99. The summed E-state index contributed by atoms with van der Waals surface area (Å²) in [6, 6.07) is 9.33. The van der Waals surface area contributed by atoms with E-state index >= 15 is 0 Å². The van der Waals surface area contributed by atoms with Gasteiger partial charge in [-0.1, -0.05) is 47.5 Å². The van der Waals surface area contributed by atoms with Gasteiger partial charge in [0.1, 0.15) is 11.7 Å². The third-order valence-corrected chi connectivity index (χ3v) is 9.34. The number of imidazole rings is 1. The first kappa shape index (κ1) is 29.1. The van der Waals surface area contributed by atoms with E-state index in [-0.39, 0.29) is 25.4 Å². The third kappa shape index (κ3) is 5.31. The molecule has 2 aliphatic rings. The minimum Gasteiger partial charge on any atom is -0.331 e. The summed E-state index contributed by atoms with van der Waals surface area (Å²) in [6.07, 6.45) is 6.28. The molecule has 1 fully saturated rings. The molecule has 5 aromatic rings. The number of alkyl halides is 1. The number of anilines is 1. The molecular weight excluding hydrogens is 620 g/mol. The fraction of sp³-hybridized carbons (Fsp3) is 0.310. The van der Waals surface area contributed by atoms with Crippen LogP contribution >= 0.6 is 46.9 Å². The van der Waals surface area contributed by atoms with Gasteiger partial charge in [-0.3, -0.25) is 14.8 Å². The molecule has 2 aromatic carbocycles. The van der Waals surface area contributed by atoms with Gasteiger partial charge >= 0.3 is 0 Å². The monoisotopic (exact) mass is 645 g/mol. The van der Waals surface area contributed by atoms with Gasteiger partial charge in [0.15, 0.2) is 11.2 Å². The molecule has 2 atom stereocenters. The second kappa shape index (κ2) is 11.9. The van der Waals surface area contributed by atoms with Crippen molar-refractivity contribution < 1.29 is 9.18 Å². The maximum Gasteiger partial charge on any atom is 0.257 e. The van der Waals surface area contributed by atoms with Crippen molar-refractivity contribution in [3.05, 3.63) is 81.4 Å². The van der Waals surface area contributed by atoms with Gasteiger partial charge in [-0.15, -0.1) is 23.7 Å². The Morgan fingerprint density at radius 3 is 2.69 bits per heavy atom. The summed E-state index contributed by atoms with van der Waals surface area (Å²) in [7, 11) is 0. The average molecular weight is 647 g/mol. The molecule has 2 aliphatic heterocycles. The molecule has 7 rings (SSSR count). The highest BCUT2D eigenvalue weighted by Gasteiger charge is 2.34. The zero-order valence-corrected chi connectivity index (χ0v) is 25.4. The van der Waals surface area contributed by atoms with Crippen molar-refractivity contribution in [2.45, 2.75) is 43.9 Å². The summed E-state index contributed by atoms with van der Waals surface area (Å²) in [5.41, 5.74) is 4.60. The number of hydrogen-bond donors (Lipinski definition) is 2. The molecule has 0 saturated carbocycles. The number of piperidine rings is 1. The Labute approximate surface area is 261 Å². The molecule has 5 heterocycles. The van der Waals surface area contributed by atoms with E-state index in [1.807, 2.05) is 6.07 Å². The number of hydrogen-bond acceptors (Lipinski definition) is 6. The standard InChI is InChI=1S/C29H26Cl2FN7OS.ClH/c30-22-12-20(18-3-1-16(2-4-18)17-5-7-33-8-6-17)24(31)25-21(22)14-39(37-25)27(28(40)36-29-34-9-10-41-29)26-23-11-19(32)13-38(23)15-35-26;/h1-4,9-10,12,14-15,17,19,27,33H,5-8,11,13H2,(H,34,36,40);1H/t19-,27?;/m1./s1. The maximum atomic E-state index is 14.3. The second-order valence-electron chi connectivity index (χ2n) is 10.5. The minimum absolute atomic E-state index is 0. The summed E-state index contributed by atoms with van der Waals surface area (Å²) in [5.74, 6) is 0.157. The lowest BCUT2D eigenvalue weighted by Crippen LogP contribution is -2.28. The molecule has 42 heavy (non-hydrogen) atoms. The van der Waals surface area contributed by atoms with E-state index in [0.717, 1.165) is 37.1 Å². The van der Waals surface area contributed by atoms with Gasteiger partial charge in [0.25, 0.3) is 5.91 Å². The van der Waals surface area contributed by atoms with Crippen molar-refractivity contribution in [1.82, 2.24) is 29.6 Å². The largest absolute Gasteiger partial charge is 0.331 e. The topological polar surface area (TPSA) is 89.7 Å². The highest BCUT2D eigenvalue weighted by atomic mass is 35.5. The van der Waals surface area contributed by atoms with Crippen molar-refractivity contribution in [3.8, 4) is 11.1 Å². The van der Waals surface area contributed by atoms with Crippen LogP contribution < -0.4 is 10.6 Å². The number of nitrogens with one attached hydrogen (secondary N) is 2. The van der Waals surface area contributed by atoms with Crippen molar-refractivity contribution in [2.75, 3.05) is 18.4 Å². The number of nitrogens with zero attached hydrogens (tertiary/aromatic N) is 5. The van der Waals surface area contributed by atoms with Crippen LogP contribution in [-0.2, 0) is 17.8 Å². The first-order chi connectivity index (χ1) is 20.0. The van der Waals surface area contributed by atoms with E-state index in [9.17, 15) is 9.18 Å². The molecule has 1 saturated heterocycles. The van der Waals surface area contributed by atoms with E-state index in [1.165, 1.54) is 21.6 Å². The SMILES string of the molecule is Cl.O=C(Nc1nccs1)C(c1ncn2c1C[C@@H](F)C2)n1cc2c(Cl)cc(-c3ccc(C4CCNCC4)cc3)c(Cl)c2n1. The number of thiazole rings is 1. The Morgan fingerprint density at radius 1 is 1.17 bits per heavy atom. The van der Waals surface area contributed by atoms with Crippen LogP contribution in [0.3, 0.4) is 0 Å². The smallest absolute Gasteiger partial charge is 0.257 e. The zero-order chi connectivity index (χ0) is 28.1. The molecule has 0 radical (unpaired) electrons. The molecule has 8 nitrogen and oxygen atoms in total. The summed E-state index contributed by atoms with van der Waals surface area (Å²) in [6.45, 7) is 2.28. The average Bonchev–Trinajstić information content (AvgIpc) is 3.78. The number of fused-ring (bicyclic) bond motifs is 2. The van der Waals surface area contributed by atoms with Crippen LogP contribution in [0.1, 0.15) is 41.8 Å². The van der Waals surface area contributed by atoms with E-state index in [4.69, 9.17) is 28.3 Å². The van der Waals surface area contributed by atoms with E-state index in [0.29, 0.717) is 43.4 Å². The molecule has 13 heteroatoms. The van der Waals surface area contributed by atoms with Gasteiger partial charge in [-0.05, 0) is 49.0 Å². The summed E-state index contributed by atoms with van der Waals surface area (Å²) >= 11 is 15.1. The molecule has 1 amide bonds. The Hall–Kier alpha value is -3.02. The van der Waals surface area contributed by atoms with E-state index in [1.54, 1.807) is 28.7 Å². The highest BCUT2D eigenvalue weighted by Crippen LogP contribution is 2.40. The van der Waals surface area contributed by atoms with Crippen molar-refractivity contribution in [1.29, 1.82) is 0 Å². The Kier molecular flexibility index (Phi) is 8.26. The maximum absolute atomic E-state index is 14.3. The van der Waals surface area contributed by atoms with Gasteiger partial charge in [-0.2, -0.15) is 5.10 Å². The molecule has 0 bridgehead atoms. The number of halogens is 4. The van der Waals surface area contributed by atoms with Crippen LogP contribution in [0, 0.1) is 0 Å². The van der Waals surface area contributed by atoms with E-state index in [2.05, 4.69) is 44.9 Å². The van der Waals surface area contributed by atoms with Gasteiger partial charge in [0.05, 0.1) is 28.6 Å². The van der Waals surface area contributed by atoms with Crippen molar-refractivity contribution in [2.24, 2.45) is 0 Å². The molecule has 2 N–H and O–H groups in total.